The van der Waals surface area contributed by atoms with Gasteiger partial charge in [0.1, 0.15) is 0 Å². The number of pyridine rings is 1. The van der Waals surface area contributed by atoms with Crippen molar-refractivity contribution in [2.24, 2.45) is 0 Å². The van der Waals surface area contributed by atoms with Gasteiger partial charge < -0.3 is 5.73 Å². The first-order valence-corrected chi connectivity index (χ1v) is 7.45. The van der Waals surface area contributed by atoms with Crippen LogP contribution in [0.25, 0.3) is 34.3 Å². The van der Waals surface area contributed by atoms with E-state index in [0.717, 1.165) is 33.4 Å². The molecule has 24 heavy (non-hydrogen) atoms. The van der Waals surface area contributed by atoms with Gasteiger partial charge in [0.2, 0.25) is 5.95 Å². The van der Waals surface area contributed by atoms with Crippen molar-refractivity contribution in [1.29, 1.82) is 0 Å². The Morgan fingerprint density at radius 3 is 2.67 bits per heavy atom. The molecule has 0 fully saturated rings. The molecule has 3 N–H and O–H groups in total. The molecule has 0 bridgehead atoms. The highest BCUT2D eigenvalue weighted by Gasteiger charge is 2.06. The fourth-order valence-corrected chi connectivity index (χ4v) is 2.51. The van der Waals surface area contributed by atoms with E-state index < -0.39 is 0 Å². The maximum absolute atomic E-state index is 5.65. The number of aromatic nitrogens is 5. The van der Waals surface area contributed by atoms with Gasteiger partial charge in [-0.3, -0.25) is 10.1 Å². The van der Waals surface area contributed by atoms with Crippen molar-refractivity contribution in [3.05, 3.63) is 66.2 Å². The summed E-state index contributed by atoms with van der Waals surface area (Å²) in [4.78, 5) is 12.2. The minimum atomic E-state index is 0.262. The molecular weight excluding hydrogens is 300 g/mol. The standard InChI is InChI=1S/C18H14N6/c19-18-21-10-7-15(22-18)13-2-3-14-16(23-24-17(14)11-13)4-1-12-5-8-20-9-6-12/h1-11H,(H,23,24)(H2,19,21,22). The molecule has 0 unspecified atom stereocenters. The molecule has 3 heterocycles. The second-order valence-electron chi connectivity index (χ2n) is 5.28. The van der Waals surface area contributed by atoms with Crippen LogP contribution in [0.1, 0.15) is 11.3 Å². The Morgan fingerprint density at radius 2 is 1.83 bits per heavy atom. The summed E-state index contributed by atoms with van der Waals surface area (Å²) in [6.45, 7) is 0. The first-order valence-electron chi connectivity index (χ1n) is 7.45. The van der Waals surface area contributed by atoms with Crippen LogP contribution in [-0.4, -0.2) is 25.1 Å². The number of anilines is 1. The van der Waals surface area contributed by atoms with E-state index in [0.29, 0.717) is 0 Å². The summed E-state index contributed by atoms with van der Waals surface area (Å²) in [6.07, 6.45) is 9.18. The fraction of sp³-hybridized carbons (Fsp3) is 0. The van der Waals surface area contributed by atoms with Gasteiger partial charge >= 0.3 is 0 Å². The van der Waals surface area contributed by atoms with E-state index in [1.807, 2.05) is 48.6 Å². The molecule has 0 saturated heterocycles. The van der Waals surface area contributed by atoms with Gasteiger partial charge in [-0.2, -0.15) is 5.10 Å². The zero-order chi connectivity index (χ0) is 16.4. The molecule has 0 atom stereocenters. The van der Waals surface area contributed by atoms with Crippen molar-refractivity contribution >= 4 is 29.0 Å². The van der Waals surface area contributed by atoms with Crippen LogP contribution in [-0.2, 0) is 0 Å². The Labute approximate surface area is 138 Å². The summed E-state index contributed by atoms with van der Waals surface area (Å²) < 4.78 is 0. The minimum Gasteiger partial charge on any atom is -0.368 e. The smallest absolute Gasteiger partial charge is 0.220 e. The number of aromatic amines is 1. The third-order valence-corrected chi connectivity index (χ3v) is 3.70. The second-order valence-corrected chi connectivity index (χ2v) is 5.28. The highest BCUT2D eigenvalue weighted by Crippen LogP contribution is 2.24. The zero-order valence-electron chi connectivity index (χ0n) is 12.7. The molecule has 3 aromatic heterocycles. The average Bonchev–Trinajstić information content (AvgIpc) is 3.03. The van der Waals surface area contributed by atoms with Crippen molar-refractivity contribution in [1.82, 2.24) is 25.1 Å². The van der Waals surface area contributed by atoms with Gasteiger partial charge in [-0.1, -0.05) is 12.1 Å². The topological polar surface area (TPSA) is 93.4 Å². The second kappa shape index (κ2) is 5.92. The van der Waals surface area contributed by atoms with E-state index in [9.17, 15) is 0 Å². The number of fused-ring (bicyclic) bond motifs is 1. The van der Waals surface area contributed by atoms with Crippen molar-refractivity contribution < 1.29 is 0 Å². The maximum atomic E-state index is 5.65. The average molecular weight is 314 g/mol. The monoisotopic (exact) mass is 314 g/mol. The number of benzene rings is 1. The van der Waals surface area contributed by atoms with Crippen LogP contribution in [0.3, 0.4) is 0 Å². The molecule has 1 aromatic carbocycles. The first-order chi connectivity index (χ1) is 11.8. The number of H-pyrrole nitrogens is 1. The van der Waals surface area contributed by atoms with Crippen LogP contribution in [0.4, 0.5) is 5.95 Å². The molecule has 0 spiro atoms. The quantitative estimate of drug-likeness (QED) is 0.606. The van der Waals surface area contributed by atoms with E-state index in [-0.39, 0.29) is 5.95 Å². The van der Waals surface area contributed by atoms with Gasteiger partial charge in [0.25, 0.3) is 0 Å². The zero-order valence-corrected chi connectivity index (χ0v) is 12.7. The number of hydrogen-bond donors (Lipinski definition) is 2. The summed E-state index contributed by atoms with van der Waals surface area (Å²) in [5.74, 6) is 0.262. The van der Waals surface area contributed by atoms with Crippen LogP contribution in [0, 0.1) is 0 Å². The third-order valence-electron chi connectivity index (χ3n) is 3.70. The van der Waals surface area contributed by atoms with Crippen LogP contribution in [0.15, 0.2) is 55.0 Å². The lowest BCUT2D eigenvalue weighted by molar-refractivity contribution is 1.11. The number of nitrogens with zero attached hydrogens (tertiary/aromatic N) is 4. The van der Waals surface area contributed by atoms with Crippen LogP contribution in [0.5, 0.6) is 0 Å². The summed E-state index contributed by atoms with van der Waals surface area (Å²) in [7, 11) is 0. The lowest BCUT2D eigenvalue weighted by Gasteiger charge is -2.01. The van der Waals surface area contributed by atoms with Crippen molar-refractivity contribution in [3.8, 4) is 11.3 Å². The van der Waals surface area contributed by atoms with Crippen LogP contribution >= 0.6 is 0 Å². The normalized spacial score (nSPS) is 11.3. The summed E-state index contributed by atoms with van der Waals surface area (Å²) in [6, 6.07) is 11.8. The Hall–Kier alpha value is -3.54. The molecule has 6 nitrogen and oxygen atoms in total. The third kappa shape index (κ3) is 2.72. The van der Waals surface area contributed by atoms with Gasteiger partial charge in [0.05, 0.1) is 16.9 Å². The number of nitrogens with one attached hydrogen (secondary N) is 1. The molecule has 0 aliphatic heterocycles. The number of hydrogen-bond acceptors (Lipinski definition) is 5. The van der Waals surface area contributed by atoms with E-state index in [1.54, 1.807) is 18.6 Å². The molecule has 4 aromatic rings. The Balaban J connectivity index is 1.69. The number of nitrogen functional groups attached to an aromatic ring is 1. The molecule has 0 amide bonds. The van der Waals surface area contributed by atoms with E-state index in [1.165, 1.54) is 0 Å². The maximum Gasteiger partial charge on any atom is 0.220 e. The minimum absolute atomic E-state index is 0.262. The molecule has 4 rings (SSSR count). The van der Waals surface area contributed by atoms with Crippen LogP contribution < -0.4 is 5.73 Å². The van der Waals surface area contributed by atoms with Gasteiger partial charge in [0.15, 0.2) is 0 Å². The Morgan fingerprint density at radius 1 is 0.958 bits per heavy atom. The summed E-state index contributed by atoms with van der Waals surface area (Å²) >= 11 is 0. The van der Waals surface area contributed by atoms with E-state index in [2.05, 4.69) is 25.1 Å². The van der Waals surface area contributed by atoms with Gasteiger partial charge in [-0.25, -0.2) is 9.97 Å². The van der Waals surface area contributed by atoms with Crippen molar-refractivity contribution in [3.63, 3.8) is 0 Å². The highest BCUT2D eigenvalue weighted by molar-refractivity contribution is 5.91. The molecule has 0 radical (unpaired) electrons. The van der Waals surface area contributed by atoms with Gasteiger partial charge in [0, 0.05) is 29.5 Å². The molecule has 0 aliphatic rings. The molecule has 6 heteroatoms. The first kappa shape index (κ1) is 14.1. The number of rotatable bonds is 3. The predicted molar refractivity (Wildman–Crippen MR) is 94.7 cm³/mol. The summed E-state index contributed by atoms with van der Waals surface area (Å²) in [5.41, 5.74) is 10.3. The van der Waals surface area contributed by atoms with Crippen LogP contribution in [0.2, 0.25) is 0 Å². The molecule has 0 saturated carbocycles. The van der Waals surface area contributed by atoms with E-state index in [4.69, 9.17) is 5.73 Å². The lowest BCUT2D eigenvalue weighted by Crippen LogP contribution is -1.94. The molecular formula is C18H14N6. The number of nitrogens with two attached hydrogens (primary N) is 1. The largest absolute Gasteiger partial charge is 0.368 e. The predicted octanol–water partition coefficient (Wildman–Crippen LogP) is 3.17. The van der Waals surface area contributed by atoms with Crippen molar-refractivity contribution in [2.75, 3.05) is 5.73 Å². The fourth-order valence-electron chi connectivity index (χ4n) is 2.51. The highest BCUT2D eigenvalue weighted by atomic mass is 15.1. The summed E-state index contributed by atoms with van der Waals surface area (Å²) in [5, 5.41) is 8.49. The van der Waals surface area contributed by atoms with E-state index >= 15 is 0 Å². The molecule has 0 aliphatic carbocycles. The van der Waals surface area contributed by atoms with Crippen molar-refractivity contribution in [2.45, 2.75) is 0 Å². The lowest BCUT2D eigenvalue weighted by atomic mass is 10.1. The Kier molecular flexibility index (Phi) is 3.47. The van der Waals surface area contributed by atoms with Gasteiger partial charge in [-0.15, -0.1) is 0 Å². The SMILES string of the molecule is Nc1nccc(-c2ccc3c(C=Cc4ccncc4)n[nH]c3c2)n1. The Bertz CT molecular complexity index is 1020. The van der Waals surface area contributed by atoms with Gasteiger partial charge in [-0.05, 0) is 42.0 Å². The molecule has 116 valence electrons.